The topological polar surface area (TPSA) is 52.9 Å². The average molecular weight is 174 g/mol. The maximum Gasteiger partial charge on any atom is 0.0529 e. The molecule has 4 nitrogen and oxygen atoms in total. The molecule has 1 atom stereocenters. The molecule has 0 aromatic rings. The van der Waals surface area contributed by atoms with Crippen molar-refractivity contribution in [3.05, 3.63) is 4.91 Å². The fourth-order valence-electron chi connectivity index (χ4n) is 0.870. The van der Waals surface area contributed by atoms with E-state index in [1.165, 1.54) is 5.01 Å². The molecule has 1 unspecified atom stereocenters. The molecule has 4 heteroatoms. The molecular formula is C8H18N2O2. The van der Waals surface area contributed by atoms with Crippen LogP contribution in [0.4, 0.5) is 0 Å². The lowest BCUT2D eigenvalue weighted by Gasteiger charge is -2.15. The second-order valence-electron chi connectivity index (χ2n) is 3.03. The molecule has 0 aromatic carbocycles. The average Bonchev–Trinajstić information content (AvgIpc) is 2.05. The summed E-state index contributed by atoms with van der Waals surface area (Å²) in [5.41, 5.74) is 0. The number of nitrogens with zero attached hydrogens (tertiary/aromatic N) is 2. The van der Waals surface area contributed by atoms with Crippen molar-refractivity contribution < 1.29 is 5.11 Å². The molecule has 0 fully saturated rings. The molecule has 1 N–H and O–H groups in total. The van der Waals surface area contributed by atoms with Crippen LogP contribution in [0, 0.1) is 4.91 Å². The molecule has 0 spiro atoms. The summed E-state index contributed by atoms with van der Waals surface area (Å²) in [6.07, 6.45) is 2.29. The lowest BCUT2D eigenvalue weighted by molar-refractivity contribution is 0.156. The third kappa shape index (κ3) is 6.09. The molecule has 0 aliphatic carbocycles. The van der Waals surface area contributed by atoms with Crippen LogP contribution in [-0.2, 0) is 0 Å². The van der Waals surface area contributed by atoms with E-state index in [2.05, 4.69) is 12.2 Å². The van der Waals surface area contributed by atoms with E-state index in [0.29, 0.717) is 19.5 Å². The smallest absolute Gasteiger partial charge is 0.0529 e. The van der Waals surface area contributed by atoms with E-state index in [0.717, 1.165) is 12.8 Å². The summed E-state index contributed by atoms with van der Waals surface area (Å²) in [7, 11) is 0. The van der Waals surface area contributed by atoms with Crippen LogP contribution < -0.4 is 0 Å². The van der Waals surface area contributed by atoms with Crippen LogP contribution in [0.2, 0.25) is 0 Å². The molecular weight excluding hydrogens is 156 g/mol. The summed E-state index contributed by atoms with van der Waals surface area (Å²) in [5.74, 6) is 0. The minimum Gasteiger partial charge on any atom is -0.393 e. The Morgan fingerprint density at radius 2 is 2.17 bits per heavy atom. The minimum atomic E-state index is -0.351. The quantitative estimate of drug-likeness (QED) is 0.470. The maximum atomic E-state index is 10.2. The molecule has 0 aliphatic heterocycles. The lowest BCUT2D eigenvalue weighted by Crippen LogP contribution is -2.22. The van der Waals surface area contributed by atoms with Gasteiger partial charge in [0.1, 0.15) is 0 Å². The van der Waals surface area contributed by atoms with E-state index in [1.807, 2.05) is 0 Å². The van der Waals surface area contributed by atoms with Crippen LogP contribution in [0.25, 0.3) is 0 Å². The zero-order valence-electron chi connectivity index (χ0n) is 7.86. The van der Waals surface area contributed by atoms with Crippen molar-refractivity contribution in [3.63, 3.8) is 0 Å². The fraction of sp³-hybridized carbons (Fsp3) is 1.00. The second-order valence-corrected chi connectivity index (χ2v) is 3.03. The van der Waals surface area contributed by atoms with Gasteiger partial charge in [-0.25, -0.2) is 0 Å². The third-order valence-electron chi connectivity index (χ3n) is 1.69. The van der Waals surface area contributed by atoms with Crippen molar-refractivity contribution in [3.8, 4) is 0 Å². The largest absolute Gasteiger partial charge is 0.393 e. The molecule has 0 heterocycles. The Bertz CT molecular complexity index is 118. The van der Waals surface area contributed by atoms with E-state index in [9.17, 15) is 4.91 Å². The summed E-state index contributed by atoms with van der Waals surface area (Å²) in [4.78, 5) is 10.2. The first-order valence-electron chi connectivity index (χ1n) is 4.47. The minimum absolute atomic E-state index is 0.351. The van der Waals surface area contributed by atoms with Gasteiger partial charge < -0.3 is 5.11 Å². The molecule has 0 aliphatic rings. The van der Waals surface area contributed by atoms with Gasteiger partial charge in [0.05, 0.1) is 11.4 Å². The highest BCUT2D eigenvalue weighted by atomic mass is 16.3. The first-order valence-corrected chi connectivity index (χ1v) is 4.47. The molecule has 0 radical (unpaired) electrons. The van der Waals surface area contributed by atoms with Gasteiger partial charge in [-0.05, 0) is 19.8 Å². The predicted molar refractivity (Wildman–Crippen MR) is 48.6 cm³/mol. The summed E-state index contributed by atoms with van der Waals surface area (Å²) in [6, 6.07) is 0. The molecule has 0 saturated heterocycles. The van der Waals surface area contributed by atoms with Gasteiger partial charge in [0, 0.05) is 13.1 Å². The van der Waals surface area contributed by atoms with Crippen molar-refractivity contribution in [1.29, 1.82) is 0 Å². The number of rotatable bonds is 7. The van der Waals surface area contributed by atoms with Gasteiger partial charge in [0.15, 0.2) is 0 Å². The molecule has 12 heavy (non-hydrogen) atoms. The number of aliphatic hydroxyl groups is 1. The lowest BCUT2D eigenvalue weighted by atomic mass is 10.2. The SMILES string of the molecule is CCCCN(CCC(C)O)N=O. The van der Waals surface area contributed by atoms with E-state index in [4.69, 9.17) is 5.11 Å². The van der Waals surface area contributed by atoms with Crippen molar-refractivity contribution in [2.24, 2.45) is 5.29 Å². The molecule has 0 aromatic heterocycles. The van der Waals surface area contributed by atoms with E-state index >= 15 is 0 Å². The number of unbranched alkanes of at least 4 members (excludes halogenated alkanes) is 1. The van der Waals surface area contributed by atoms with Crippen LogP contribution in [0.3, 0.4) is 0 Å². The van der Waals surface area contributed by atoms with Gasteiger partial charge >= 0.3 is 0 Å². The predicted octanol–water partition coefficient (Wildman–Crippen LogP) is 1.54. The second kappa shape index (κ2) is 7.03. The van der Waals surface area contributed by atoms with Crippen molar-refractivity contribution in [2.45, 2.75) is 39.2 Å². The Balaban J connectivity index is 3.46. The third-order valence-corrected chi connectivity index (χ3v) is 1.69. The van der Waals surface area contributed by atoms with Crippen LogP contribution in [0.5, 0.6) is 0 Å². The van der Waals surface area contributed by atoms with E-state index in [1.54, 1.807) is 6.92 Å². The molecule has 0 amide bonds. The molecule has 0 bridgehead atoms. The highest BCUT2D eigenvalue weighted by molar-refractivity contribution is 4.54. The maximum absolute atomic E-state index is 10.2. The molecule has 72 valence electrons. The number of nitroso groups, excluding NO2 is 1. The van der Waals surface area contributed by atoms with Gasteiger partial charge in [-0.1, -0.05) is 13.3 Å². The summed E-state index contributed by atoms with van der Waals surface area (Å²) >= 11 is 0. The normalized spacial score (nSPS) is 12.6. The first-order chi connectivity index (χ1) is 5.70. The highest BCUT2D eigenvalue weighted by Gasteiger charge is 2.03. The van der Waals surface area contributed by atoms with Gasteiger partial charge in [-0.15, -0.1) is 4.91 Å². The zero-order chi connectivity index (χ0) is 9.40. The van der Waals surface area contributed by atoms with Gasteiger partial charge in [0.25, 0.3) is 0 Å². The van der Waals surface area contributed by atoms with Crippen LogP contribution >= 0.6 is 0 Å². The summed E-state index contributed by atoms with van der Waals surface area (Å²) in [6.45, 7) is 5.04. The van der Waals surface area contributed by atoms with Crippen LogP contribution in [0.15, 0.2) is 5.29 Å². The Kier molecular flexibility index (Phi) is 6.66. The van der Waals surface area contributed by atoms with Crippen LogP contribution in [-0.4, -0.2) is 29.3 Å². The first kappa shape index (κ1) is 11.4. The van der Waals surface area contributed by atoms with Gasteiger partial charge in [0.2, 0.25) is 0 Å². The van der Waals surface area contributed by atoms with E-state index < -0.39 is 0 Å². The van der Waals surface area contributed by atoms with Gasteiger partial charge in [-0.3, -0.25) is 5.01 Å². The Hall–Kier alpha value is -0.640. The number of hydrogen-bond donors (Lipinski definition) is 1. The van der Waals surface area contributed by atoms with Gasteiger partial charge in [-0.2, -0.15) is 0 Å². The monoisotopic (exact) mass is 174 g/mol. The Morgan fingerprint density at radius 3 is 2.58 bits per heavy atom. The van der Waals surface area contributed by atoms with E-state index in [-0.39, 0.29) is 6.10 Å². The molecule has 0 saturated carbocycles. The Morgan fingerprint density at radius 1 is 1.50 bits per heavy atom. The number of aliphatic hydroxyl groups excluding tert-OH is 1. The summed E-state index contributed by atoms with van der Waals surface area (Å²) in [5, 5.41) is 13.3. The van der Waals surface area contributed by atoms with Crippen LogP contribution in [0.1, 0.15) is 33.1 Å². The number of hydrogen-bond acceptors (Lipinski definition) is 3. The highest BCUT2D eigenvalue weighted by Crippen LogP contribution is 1.99. The van der Waals surface area contributed by atoms with Crippen molar-refractivity contribution >= 4 is 0 Å². The summed E-state index contributed by atoms with van der Waals surface area (Å²) < 4.78 is 0. The van der Waals surface area contributed by atoms with Crippen molar-refractivity contribution in [2.75, 3.05) is 13.1 Å². The fourth-order valence-corrected chi connectivity index (χ4v) is 0.870. The molecule has 0 rings (SSSR count). The Labute approximate surface area is 73.5 Å². The van der Waals surface area contributed by atoms with Crippen molar-refractivity contribution in [1.82, 2.24) is 5.01 Å². The standard InChI is InChI=1S/C8H18N2O2/c1-3-4-6-10(9-12)7-5-8(2)11/h8,11H,3-7H2,1-2H3. The zero-order valence-corrected chi connectivity index (χ0v) is 7.86.